The van der Waals surface area contributed by atoms with Gasteiger partial charge in [-0.05, 0) is 44.5 Å². The Bertz CT molecular complexity index is 571. The quantitative estimate of drug-likeness (QED) is 0.908. The zero-order valence-corrected chi connectivity index (χ0v) is 14.0. The first-order valence-corrected chi connectivity index (χ1v) is 9.36. The predicted molar refractivity (Wildman–Crippen MR) is 87.5 cm³/mol. The van der Waals surface area contributed by atoms with Gasteiger partial charge in [0.1, 0.15) is 0 Å². The first-order valence-electron chi connectivity index (χ1n) is 7.71. The summed E-state index contributed by atoms with van der Waals surface area (Å²) in [6.45, 7) is 6.20. The van der Waals surface area contributed by atoms with E-state index in [0.717, 1.165) is 25.2 Å². The van der Waals surface area contributed by atoms with Crippen molar-refractivity contribution in [3.05, 3.63) is 24.3 Å². The highest BCUT2D eigenvalue weighted by molar-refractivity contribution is 7.91. The second-order valence-corrected chi connectivity index (χ2v) is 8.17. The minimum atomic E-state index is -3.19. The van der Waals surface area contributed by atoms with Crippen molar-refractivity contribution < 1.29 is 8.42 Å². The van der Waals surface area contributed by atoms with Crippen molar-refractivity contribution in [2.24, 2.45) is 5.92 Å². The lowest BCUT2D eigenvalue weighted by molar-refractivity contribution is 0.206. The van der Waals surface area contributed by atoms with Crippen LogP contribution in [0.15, 0.2) is 29.2 Å². The van der Waals surface area contributed by atoms with E-state index in [1.165, 1.54) is 0 Å². The van der Waals surface area contributed by atoms with Crippen molar-refractivity contribution >= 4 is 15.5 Å². The highest BCUT2D eigenvalue weighted by Gasteiger charge is 2.26. The Hall–Kier alpha value is -1.07. The summed E-state index contributed by atoms with van der Waals surface area (Å²) in [5.41, 5.74) is 0.757. The summed E-state index contributed by atoms with van der Waals surface area (Å²) in [7, 11) is -1.06. The van der Waals surface area contributed by atoms with E-state index in [0.29, 0.717) is 23.3 Å². The smallest absolute Gasteiger partial charge is 0.180 e. The standard InChI is InChI=1S/C16H26N2O2S/c1-4-11-21(19,20)16-8-6-5-7-15(16)17-14-9-10-18(3)12-13(14)2/h5-8,13-14,17H,4,9-12H2,1-3H3. The molecule has 1 aromatic carbocycles. The van der Waals surface area contributed by atoms with Gasteiger partial charge in [-0.15, -0.1) is 0 Å². The molecular formula is C16H26N2O2S. The maximum atomic E-state index is 12.4. The molecule has 2 unspecified atom stereocenters. The third kappa shape index (κ3) is 3.98. The Balaban J connectivity index is 2.21. The van der Waals surface area contributed by atoms with Gasteiger partial charge in [-0.1, -0.05) is 26.0 Å². The second-order valence-electron chi connectivity index (χ2n) is 6.09. The summed E-state index contributed by atoms with van der Waals surface area (Å²) < 4.78 is 24.8. The Morgan fingerprint density at radius 3 is 2.71 bits per heavy atom. The van der Waals surface area contributed by atoms with Crippen LogP contribution in [-0.4, -0.2) is 45.2 Å². The number of hydrogen-bond acceptors (Lipinski definition) is 4. The van der Waals surface area contributed by atoms with Crippen LogP contribution in [0.2, 0.25) is 0 Å². The summed E-state index contributed by atoms with van der Waals surface area (Å²) in [6, 6.07) is 7.62. The van der Waals surface area contributed by atoms with Crippen molar-refractivity contribution in [1.82, 2.24) is 4.90 Å². The molecule has 5 heteroatoms. The van der Waals surface area contributed by atoms with E-state index in [2.05, 4.69) is 24.2 Å². The van der Waals surface area contributed by atoms with Gasteiger partial charge in [-0.3, -0.25) is 0 Å². The van der Waals surface area contributed by atoms with E-state index in [1.54, 1.807) is 12.1 Å². The Kier molecular flexibility index (Phi) is 5.27. The summed E-state index contributed by atoms with van der Waals surface area (Å²) in [6.07, 6.45) is 1.68. The van der Waals surface area contributed by atoms with Gasteiger partial charge in [-0.2, -0.15) is 0 Å². The van der Waals surface area contributed by atoms with Gasteiger partial charge in [0.05, 0.1) is 16.3 Å². The number of benzene rings is 1. The molecule has 1 saturated heterocycles. The van der Waals surface area contributed by atoms with Crippen LogP contribution in [-0.2, 0) is 9.84 Å². The van der Waals surface area contributed by atoms with E-state index in [4.69, 9.17) is 0 Å². The summed E-state index contributed by atoms with van der Waals surface area (Å²) in [5, 5.41) is 3.48. The van der Waals surface area contributed by atoms with Crippen LogP contribution in [0.3, 0.4) is 0 Å². The van der Waals surface area contributed by atoms with Gasteiger partial charge in [0.15, 0.2) is 9.84 Å². The van der Waals surface area contributed by atoms with Crippen molar-refractivity contribution in [2.45, 2.75) is 37.6 Å². The summed E-state index contributed by atoms with van der Waals surface area (Å²) in [5.74, 6) is 0.708. The first kappa shape index (κ1) is 16.3. The van der Waals surface area contributed by atoms with Crippen molar-refractivity contribution in [3.8, 4) is 0 Å². The lowest BCUT2D eigenvalue weighted by atomic mass is 9.94. The Morgan fingerprint density at radius 1 is 1.33 bits per heavy atom. The number of likely N-dealkylation sites (tertiary alicyclic amines) is 1. The van der Waals surface area contributed by atoms with Crippen LogP contribution in [0.25, 0.3) is 0 Å². The van der Waals surface area contributed by atoms with Crippen LogP contribution in [0, 0.1) is 5.92 Å². The molecule has 0 aliphatic carbocycles. The summed E-state index contributed by atoms with van der Waals surface area (Å²) >= 11 is 0. The van der Waals surface area contributed by atoms with E-state index in [1.807, 2.05) is 19.1 Å². The first-order chi connectivity index (χ1) is 9.94. The monoisotopic (exact) mass is 310 g/mol. The maximum absolute atomic E-state index is 12.4. The molecule has 2 rings (SSSR count). The second kappa shape index (κ2) is 6.79. The average Bonchev–Trinajstić information content (AvgIpc) is 2.42. The predicted octanol–water partition coefficient (Wildman–Crippen LogP) is 2.62. The molecule has 21 heavy (non-hydrogen) atoms. The zero-order valence-electron chi connectivity index (χ0n) is 13.2. The molecule has 1 heterocycles. The van der Waals surface area contributed by atoms with Gasteiger partial charge >= 0.3 is 0 Å². The van der Waals surface area contributed by atoms with Crippen LogP contribution in [0.1, 0.15) is 26.7 Å². The largest absolute Gasteiger partial charge is 0.381 e. The Morgan fingerprint density at radius 2 is 2.05 bits per heavy atom. The van der Waals surface area contributed by atoms with Crippen LogP contribution in [0.5, 0.6) is 0 Å². The van der Waals surface area contributed by atoms with Crippen molar-refractivity contribution in [2.75, 3.05) is 31.2 Å². The van der Waals surface area contributed by atoms with E-state index >= 15 is 0 Å². The minimum absolute atomic E-state index is 0.203. The van der Waals surface area contributed by atoms with Gasteiger partial charge < -0.3 is 10.2 Å². The number of para-hydroxylation sites is 1. The summed E-state index contributed by atoms with van der Waals surface area (Å²) in [4.78, 5) is 2.76. The molecule has 0 spiro atoms. The maximum Gasteiger partial charge on any atom is 0.180 e. The molecule has 1 fully saturated rings. The fourth-order valence-electron chi connectivity index (χ4n) is 3.00. The van der Waals surface area contributed by atoms with Crippen LogP contribution in [0.4, 0.5) is 5.69 Å². The van der Waals surface area contributed by atoms with E-state index in [9.17, 15) is 8.42 Å². The van der Waals surface area contributed by atoms with Crippen molar-refractivity contribution in [1.29, 1.82) is 0 Å². The molecule has 0 bridgehead atoms. The molecule has 0 saturated carbocycles. The number of nitrogens with zero attached hydrogens (tertiary/aromatic N) is 1. The number of nitrogens with one attached hydrogen (secondary N) is 1. The number of sulfone groups is 1. The van der Waals surface area contributed by atoms with Crippen LogP contribution >= 0.6 is 0 Å². The number of piperidine rings is 1. The molecule has 0 aromatic heterocycles. The lowest BCUT2D eigenvalue weighted by Crippen LogP contribution is -2.43. The molecule has 1 N–H and O–H groups in total. The highest BCUT2D eigenvalue weighted by atomic mass is 32.2. The van der Waals surface area contributed by atoms with E-state index in [-0.39, 0.29) is 5.75 Å². The molecule has 0 amide bonds. The molecule has 4 nitrogen and oxygen atoms in total. The molecule has 2 atom stereocenters. The van der Waals surface area contributed by atoms with Gasteiger partial charge in [-0.25, -0.2) is 8.42 Å². The topological polar surface area (TPSA) is 49.4 Å². The van der Waals surface area contributed by atoms with Gasteiger partial charge in [0, 0.05) is 12.6 Å². The molecule has 118 valence electrons. The molecular weight excluding hydrogens is 284 g/mol. The average molecular weight is 310 g/mol. The van der Waals surface area contributed by atoms with E-state index < -0.39 is 9.84 Å². The number of anilines is 1. The third-order valence-corrected chi connectivity index (χ3v) is 6.12. The fraction of sp³-hybridized carbons (Fsp3) is 0.625. The third-order valence-electron chi connectivity index (χ3n) is 4.14. The number of hydrogen-bond donors (Lipinski definition) is 1. The molecule has 1 aromatic rings. The van der Waals surface area contributed by atoms with Crippen molar-refractivity contribution in [3.63, 3.8) is 0 Å². The SMILES string of the molecule is CCCS(=O)(=O)c1ccccc1NC1CCN(C)CC1C. The zero-order chi connectivity index (χ0) is 15.5. The van der Waals surface area contributed by atoms with Gasteiger partial charge in [0.2, 0.25) is 0 Å². The number of rotatable bonds is 5. The Labute approximate surface area is 128 Å². The molecule has 1 aliphatic heterocycles. The fourth-order valence-corrected chi connectivity index (χ4v) is 4.51. The molecule has 0 radical (unpaired) electrons. The highest BCUT2D eigenvalue weighted by Crippen LogP contribution is 2.26. The lowest BCUT2D eigenvalue weighted by Gasteiger charge is -2.36. The minimum Gasteiger partial charge on any atom is -0.381 e. The normalized spacial score (nSPS) is 24.0. The van der Waals surface area contributed by atoms with Crippen LogP contribution < -0.4 is 5.32 Å². The molecule has 1 aliphatic rings. The van der Waals surface area contributed by atoms with Gasteiger partial charge in [0.25, 0.3) is 0 Å².